The molecule has 192 valence electrons. The quantitative estimate of drug-likeness (QED) is 0.223. The van der Waals surface area contributed by atoms with E-state index in [0.717, 1.165) is 11.3 Å². The molecule has 0 amide bonds. The van der Waals surface area contributed by atoms with Crippen molar-refractivity contribution in [2.75, 3.05) is 29.7 Å². The van der Waals surface area contributed by atoms with Crippen molar-refractivity contribution in [3.8, 4) is 0 Å². The number of hydrogen-bond acceptors (Lipinski definition) is 6. The van der Waals surface area contributed by atoms with Gasteiger partial charge in [0.2, 0.25) is 0 Å². The van der Waals surface area contributed by atoms with Gasteiger partial charge in [-0.3, -0.25) is 4.79 Å². The molecule has 0 fully saturated rings. The monoisotopic (exact) mass is 532 g/mol. The molecule has 1 aromatic carbocycles. The van der Waals surface area contributed by atoms with Crippen LogP contribution < -0.4 is 10.2 Å². The lowest BCUT2D eigenvalue weighted by molar-refractivity contribution is -0.158. The second kappa shape index (κ2) is 14.1. The summed E-state index contributed by atoms with van der Waals surface area (Å²) in [6.45, 7) is 12.2. The molecule has 0 spiro atoms. The van der Waals surface area contributed by atoms with Gasteiger partial charge in [-0.25, -0.2) is 4.79 Å². The average Bonchev–Trinajstić information content (AvgIpc) is 2.69. The van der Waals surface area contributed by atoms with Gasteiger partial charge in [0.25, 0.3) is 0 Å². The molecular formula is C25H38Cl2N2O4S. The van der Waals surface area contributed by atoms with Gasteiger partial charge < -0.3 is 19.7 Å². The lowest BCUT2D eigenvalue weighted by Gasteiger charge is -2.26. The molecule has 6 nitrogen and oxygen atoms in total. The lowest BCUT2D eigenvalue weighted by Crippen LogP contribution is -2.44. The maximum atomic E-state index is 12.8. The van der Waals surface area contributed by atoms with Crippen LogP contribution in [0.15, 0.2) is 24.3 Å². The van der Waals surface area contributed by atoms with E-state index >= 15 is 0 Å². The van der Waals surface area contributed by atoms with Crippen LogP contribution in [0.25, 0.3) is 0 Å². The van der Waals surface area contributed by atoms with Crippen molar-refractivity contribution >= 4 is 58.0 Å². The highest BCUT2D eigenvalue weighted by Gasteiger charge is 2.27. The SMILES string of the molecule is CC(C)(C)OC(=O)CC[C@H](NC(=S)Cc1ccc(N(CCCl)CCCl)cc1)C(=O)OC(C)(C)C. The van der Waals surface area contributed by atoms with E-state index in [9.17, 15) is 9.59 Å². The summed E-state index contributed by atoms with van der Waals surface area (Å²) in [7, 11) is 0. The number of alkyl halides is 2. The van der Waals surface area contributed by atoms with Gasteiger partial charge in [0, 0.05) is 43.4 Å². The van der Waals surface area contributed by atoms with Crippen molar-refractivity contribution in [1.29, 1.82) is 0 Å². The molecule has 0 aliphatic carbocycles. The first-order valence-electron chi connectivity index (χ1n) is 11.4. The molecule has 1 atom stereocenters. The first-order valence-corrected chi connectivity index (χ1v) is 12.9. The van der Waals surface area contributed by atoms with Crippen molar-refractivity contribution in [3.05, 3.63) is 29.8 Å². The number of ether oxygens (including phenoxy) is 2. The largest absolute Gasteiger partial charge is 0.460 e. The predicted octanol–water partition coefficient (Wildman–Crippen LogP) is 5.26. The molecule has 1 N–H and O–H groups in total. The Morgan fingerprint density at radius 3 is 1.97 bits per heavy atom. The minimum absolute atomic E-state index is 0.0719. The fourth-order valence-electron chi connectivity index (χ4n) is 3.11. The first kappa shape index (κ1) is 30.5. The number of esters is 2. The van der Waals surface area contributed by atoms with E-state index in [1.165, 1.54) is 0 Å². The van der Waals surface area contributed by atoms with Gasteiger partial charge in [-0.05, 0) is 65.7 Å². The summed E-state index contributed by atoms with van der Waals surface area (Å²) >= 11 is 17.3. The Hall–Kier alpha value is -1.57. The van der Waals surface area contributed by atoms with Gasteiger partial charge in [0.1, 0.15) is 17.2 Å². The van der Waals surface area contributed by atoms with E-state index in [1.54, 1.807) is 41.5 Å². The van der Waals surface area contributed by atoms with E-state index < -0.39 is 23.2 Å². The second-order valence-corrected chi connectivity index (χ2v) is 11.2. The van der Waals surface area contributed by atoms with Crippen LogP contribution in [0.5, 0.6) is 0 Å². The van der Waals surface area contributed by atoms with Gasteiger partial charge in [-0.15, -0.1) is 23.2 Å². The van der Waals surface area contributed by atoms with Gasteiger partial charge in [-0.1, -0.05) is 24.4 Å². The minimum Gasteiger partial charge on any atom is -0.460 e. The van der Waals surface area contributed by atoms with Crippen LogP contribution in [-0.4, -0.2) is 59.0 Å². The molecule has 0 heterocycles. The Balaban J connectivity index is 2.82. The molecular weight excluding hydrogens is 495 g/mol. The summed E-state index contributed by atoms with van der Waals surface area (Å²) in [5.74, 6) is 0.207. The van der Waals surface area contributed by atoms with Crippen molar-refractivity contribution in [2.24, 2.45) is 0 Å². The zero-order valence-electron chi connectivity index (χ0n) is 21.1. The molecule has 0 saturated carbocycles. The first-order chi connectivity index (χ1) is 15.7. The van der Waals surface area contributed by atoms with E-state index in [-0.39, 0.29) is 18.8 Å². The van der Waals surface area contributed by atoms with E-state index in [2.05, 4.69) is 10.2 Å². The number of carbonyl (C=O) groups excluding carboxylic acids is 2. The predicted molar refractivity (Wildman–Crippen MR) is 144 cm³/mol. The third kappa shape index (κ3) is 12.8. The van der Waals surface area contributed by atoms with Crippen LogP contribution in [0, 0.1) is 0 Å². The molecule has 0 unspecified atom stereocenters. The fourth-order valence-corrected chi connectivity index (χ4v) is 3.82. The molecule has 1 aromatic rings. The number of benzene rings is 1. The van der Waals surface area contributed by atoms with Crippen molar-refractivity contribution in [3.63, 3.8) is 0 Å². The maximum absolute atomic E-state index is 12.8. The molecule has 0 radical (unpaired) electrons. The van der Waals surface area contributed by atoms with Gasteiger partial charge in [0.05, 0.1) is 4.99 Å². The zero-order chi connectivity index (χ0) is 25.9. The number of thiocarbonyl (C=S) groups is 1. The van der Waals surface area contributed by atoms with Gasteiger partial charge in [-0.2, -0.15) is 0 Å². The van der Waals surface area contributed by atoms with Crippen LogP contribution in [0.1, 0.15) is 59.9 Å². The second-order valence-electron chi connectivity index (χ2n) is 9.99. The van der Waals surface area contributed by atoms with E-state index in [0.29, 0.717) is 36.3 Å². The van der Waals surface area contributed by atoms with Gasteiger partial charge in [0.15, 0.2) is 0 Å². The summed E-state index contributed by atoms with van der Waals surface area (Å²) in [4.78, 5) is 27.5. The van der Waals surface area contributed by atoms with Crippen molar-refractivity contribution in [1.82, 2.24) is 5.32 Å². The highest BCUT2D eigenvalue weighted by atomic mass is 35.5. The summed E-state index contributed by atoms with van der Waals surface area (Å²) in [6, 6.07) is 7.24. The number of anilines is 1. The molecule has 0 bridgehead atoms. The highest BCUT2D eigenvalue weighted by molar-refractivity contribution is 7.80. The van der Waals surface area contributed by atoms with Crippen molar-refractivity contribution in [2.45, 2.75) is 78.0 Å². The summed E-state index contributed by atoms with van der Waals surface area (Å²) in [5.41, 5.74) is 0.787. The number of nitrogens with zero attached hydrogens (tertiary/aromatic N) is 1. The molecule has 0 saturated heterocycles. The number of carbonyl (C=O) groups is 2. The Labute approximate surface area is 219 Å². The molecule has 0 aliphatic rings. The standard InChI is InChI=1S/C25H38Cl2N2O4S/c1-24(2,3)32-22(30)12-11-20(23(31)33-25(4,5)6)28-21(34)17-18-7-9-19(10-8-18)29(15-13-26)16-14-27/h7-10,20H,11-17H2,1-6H3,(H,28,34)/t20-/m0/s1. The number of halogens is 2. The molecule has 0 aliphatic heterocycles. The number of hydrogen-bond donors (Lipinski definition) is 1. The molecule has 9 heteroatoms. The van der Waals surface area contributed by atoms with Crippen molar-refractivity contribution < 1.29 is 19.1 Å². The fraction of sp³-hybridized carbons (Fsp3) is 0.640. The maximum Gasteiger partial charge on any atom is 0.329 e. The summed E-state index contributed by atoms with van der Waals surface area (Å²) < 4.78 is 10.9. The Bertz CT molecular complexity index is 799. The van der Waals surface area contributed by atoms with E-state index in [4.69, 9.17) is 44.9 Å². The Morgan fingerprint density at radius 2 is 1.50 bits per heavy atom. The van der Waals surface area contributed by atoms with Crippen LogP contribution in [-0.2, 0) is 25.5 Å². The normalized spacial score (nSPS) is 12.6. The average molecular weight is 534 g/mol. The lowest BCUT2D eigenvalue weighted by atomic mass is 10.1. The minimum atomic E-state index is -0.749. The zero-order valence-corrected chi connectivity index (χ0v) is 23.4. The van der Waals surface area contributed by atoms with Gasteiger partial charge >= 0.3 is 11.9 Å². The highest BCUT2D eigenvalue weighted by Crippen LogP contribution is 2.17. The molecule has 0 aromatic heterocycles. The Kier molecular flexibility index (Phi) is 12.6. The topological polar surface area (TPSA) is 67.9 Å². The smallest absolute Gasteiger partial charge is 0.329 e. The number of rotatable bonds is 12. The third-order valence-corrected chi connectivity index (χ3v) is 5.06. The molecule has 34 heavy (non-hydrogen) atoms. The van der Waals surface area contributed by atoms with Crippen LogP contribution in [0.2, 0.25) is 0 Å². The summed E-state index contributed by atoms with van der Waals surface area (Å²) in [5, 5.41) is 3.09. The summed E-state index contributed by atoms with van der Waals surface area (Å²) in [6.07, 6.45) is 0.740. The van der Waals surface area contributed by atoms with E-state index in [1.807, 2.05) is 24.3 Å². The van der Waals surface area contributed by atoms with Crippen LogP contribution >= 0.6 is 35.4 Å². The Morgan fingerprint density at radius 1 is 0.971 bits per heavy atom. The number of nitrogens with one attached hydrogen (secondary N) is 1. The molecule has 1 rings (SSSR count). The third-order valence-electron chi connectivity index (χ3n) is 4.46. The van der Waals surface area contributed by atoms with Crippen LogP contribution in [0.3, 0.4) is 0 Å². The van der Waals surface area contributed by atoms with Crippen LogP contribution in [0.4, 0.5) is 5.69 Å².